The number of aromatic hydroxyl groups is 1. The van der Waals surface area contributed by atoms with E-state index >= 15 is 0 Å². The Morgan fingerprint density at radius 3 is 2.64 bits per heavy atom. The number of carbonyl (C=O) groups excluding carboxylic acids is 1. The number of phenols is 1. The van der Waals surface area contributed by atoms with Crippen LogP contribution in [0.4, 0.5) is 0 Å². The highest BCUT2D eigenvalue weighted by Gasteiger charge is 2.20. The maximum absolute atomic E-state index is 12.4. The number of fused-ring (bicyclic) bond motifs is 1. The van der Waals surface area contributed by atoms with Crippen LogP contribution < -0.4 is 0 Å². The molecule has 22 heavy (non-hydrogen) atoms. The molecule has 0 unspecified atom stereocenters. The molecule has 2 aromatic carbocycles. The van der Waals surface area contributed by atoms with Crippen LogP contribution in [0.5, 0.6) is 5.75 Å². The summed E-state index contributed by atoms with van der Waals surface area (Å²) in [7, 11) is 3.36. The van der Waals surface area contributed by atoms with Crippen molar-refractivity contribution in [2.45, 2.75) is 0 Å². The standard InChI is InChI=1S/C17H14BrNO2S/c1-19(2)17(21)13-9-10-8-11(18)5-6-12(10)15(16(13)20)14-4-3-7-22-14/h3-9,20H,1-2H3. The molecule has 0 aliphatic rings. The van der Waals surface area contributed by atoms with Crippen LogP contribution in [-0.2, 0) is 0 Å². The van der Waals surface area contributed by atoms with Gasteiger partial charge < -0.3 is 10.0 Å². The third-order valence-electron chi connectivity index (χ3n) is 3.48. The first-order valence-electron chi connectivity index (χ1n) is 6.70. The van der Waals surface area contributed by atoms with Gasteiger partial charge in [0.1, 0.15) is 5.75 Å². The van der Waals surface area contributed by atoms with Crippen molar-refractivity contribution in [3.8, 4) is 16.2 Å². The lowest BCUT2D eigenvalue weighted by Gasteiger charge is -2.16. The molecule has 3 nitrogen and oxygen atoms in total. The highest BCUT2D eigenvalue weighted by atomic mass is 79.9. The number of thiophene rings is 1. The van der Waals surface area contributed by atoms with Crippen LogP contribution in [0.2, 0.25) is 0 Å². The monoisotopic (exact) mass is 375 g/mol. The van der Waals surface area contributed by atoms with Crippen molar-refractivity contribution < 1.29 is 9.90 Å². The average molecular weight is 376 g/mol. The highest BCUT2D eigenvalue weighted by Crippen LogP contribution is 2.42. The molecule has 0 radical (unpaired) electrons. The second kappa shape index (κ2) is 5.74. The summed E-state index contributed by atoms with van der Waals surface area (Å²) in [6, 6.07) is 11.5. The molecule has 3 aromatic rings. The van der Waals surface area contributed by atoms with Crippen molar-refractivity contribution in [1.29, 1.82) is 0 Å². The molecule has 1 N–H and O–H groups in total. The molecule has 0 saturated heterocycles. The van der Waals surface area contributed by atoms with E-state index in [1.165, 1.54) is 4.90 Å². The first-order valence-corrected chi connectivity index (χ1v) is 8.37. The van der Waals surface area contributed by atoms with Gasteiger partial charge >= 0.3 is 0 Å². The maximum Gasteiger partial charge on any atom is 0.257 e. The Kier molecular flexibility index (Phi) is 3.93. The number of rotatable bonds is 2. The second-order valence-electron chi connectivity index (χ2n) is 5.19. The SMILES string of the molecule is CN(C)C(=O)c1cc2cc(Br)ccc2c(-c2cccs2)c1O. The van der Waals surface area contributed by atoms with E-state index < -0.39 is 0 Å². The van der Waals surface area contributed by atoms with Gasteiger partial charge in [0.2, 0.25) is 0 Å². The normalized spacial score (nSPS) is 10.9. The molecule has 1 amide bonds. The summed E-state index contributed by atoms with van der Waals surface area (Å²) in [5, 5.41) is 14.5. The zero-order valence-corrected chi connectivity index (χ0v) is 14.5. The molecule has 0 aliphatic heterocycles. The van der Waals surface area contributed by atoms with Gasteiger partial charge in [0.15, 0.2) is 0 Å². The molecular formula is C17H14BrNO2S. The average Bonchev–Trinajstić information content (AvgIpc) is 2.99. The largest absolute Gasteiger partial charge is 0.506 e. The van der Waals surface area contributed by atoms with E-state index in [9.17, 15) is 9.90 Å². The van der Waals surface area contributed by atoms with E-state index in [0.29, 0.717) is 11.1 Å². The number of carbonyl (C=O) groups is 1. The molecule has 3 rings (SSSR count). The van der Waals surface area contributed by atoms with Gasteiger partial charge in [-0.15, -0.1) is 11.3 Å². The van der Waals surface area contributed by atoms with E-state index in [4.69, 9.17) is 0 Å². The predicted octanol–water partition coefficient (Wildman–Crippen LogP) is 4.74. The number of benzene rings is 2. The lowest BCUT2D eigenvalue weighted by molar-refractivity contribution is 0.0825. The highest BCUT2D eigenvalue weighted by molar-refractivity contribution is 9.10. The third-order valence-corrected chi connectivity index (χ3v) is 4.86. The summed E-state index contributed by atoms with van der Waals surface area (Å²) < 4.78 is 0.936. The van der Waals surface area contributed by atoms with Crippen LogP contribution in [0.25, 0.3) is 21.2 Å². The van der Waals surface area contributed by atoms with Gasteiger partial charge in [-0.25, -0.2) is 0 Å². The van der Waals surface area contributed by atoms with Crippen molar-refractivity contribution in [1.82, 2.24) is 4.90 Å². The van der Waals surface area contributed by atoms with Crippen LogP contribution in [0.1, 0.15) is 10.4 Å². The molecule has 0 saturated carbocycles. The summed E-state index contributed by atoms with van der Waals surface area (Å²) in [5.74, 6) is -0.173. The lowest BCUT2D eigenvalue weighted by atomic mass is 9.97. The minimum Gasteiger partial charge on any atom is -0.506 e. The van der Waals surface area contributed by atoms with E-state index in [0.717, 1.165) is 20.1 Å². The van der Waals surface area contributed by atoms with Gasteiger partial charge in [-0.1, -0.05) is 28.1 Å². The summed E-state index contributed by atoms with van der Waals surface area (Å²) >= 11 is 5.00. The molecule has 112 valence electrons. The van der Waals surface area contributed by atoms with Crippen LogP contribution in [0.3, 0.4) is 0 Å². The second-order valence-corrected chi connectivity index (χ2v) is 7.05. The number of halogens is 1. The van der Waals surface area contributed by atoms with Gasteiger partial charge in [0, 0.05) is 29.0 Å². The Morgan fingerprint density at radius 1 is 1.23 bits per heavy atom. The fourth-order valence-corrected chi connectivity index (χ4v) is 3.61. The topological polar surface area (TPSA) is 40.5 Å². The number of amides is 1. The van der Waals surface area contributed by atoms with Crippen molar-refractivity contribution in [2.75, 3.05) is 14.1 Å². The number of hydrogen-bond acceptors (Lipinski definition) is 3. The Bertz CT molecular complexity index is 857. The van der Waals surface area contributed by atoms with Gasteiger partial charge in [-0.3, -0.25) is 4.79 Å². The number of hydrogen-bond donors (Lipinski definition) is 1. The maximum atomic E-state index is 12.4. The quantitative estimate of drug-likeness (QED) is 0.702. The molecule has 1 heterocycles. The van der Waals surface area contributed by atoms with Crippen LogP contribution in [0, 0.1) is 0 Å². The van der Waals surface area contributed by atoms with Crippen LogP contribution in [0.15, 0.2) is 46.3 Å². The predicted molar refractivity (Wildman–Crippen MR) is 94.6 cm³/mol. The Balaban J connectivity index is 2.40. The first-order chi connectivity index (χ1) is 10.5. The van der Waals surface area contributed by atoms with Gasteiger partial charge in [0.25, 0.3) is 5.91 Å². The molecule has 0 bridgehead atoms. The number of nitrogens with zero attached hydrogens (tertiary/aromatic N) is 1. The summed E-state index contributed by atoms with van der Waals surface area (Å²) in [6.45, 7) is 0. The summed E-state index contributed by atoms with van der Waals surface area (Å²) in [6.07, 6.45) is 0. The Morgan fingerprint density at radius 2 is 2.00 bits per heavy atom. The third kappa shape index (κ3) is 2.51. The fraction of sp³-hybridized carbons (Fsp3) is 0.118. The Labute approximate surface area is 140 Å². The summed E-state index contributed by atoms with van der Waals surface area (Å²) in [4.78, 5) is 14.8. The van der Waals surface area contributed by atoms with E-state index in [-0.39, 0.29) is 11.7 Å². The van der Waals surface area contributed by atoms with Crippen molar-refractivity contribution in [2.24, 2.45) is 0 Å². The molecule has 0 spiro atoms. The zero-order chi connectivity index (χ0) is 15.9. The minimum atomic E-state index is -0.211. The van der Waals surface area contributed by atoms with Crippen molar-refractivity contribution in [3.63, 3.8) is 0 Å². The van der Waals surface area contributed by atoms with E-state index in [1.807, 2.05) is 35.7 Å². The summed E-state index contributed by atoms with van der Waals surface area (Å²) in [5.41, 5.74) is 1.03. The lowest BCUT2D eigenvalue weighted by Crippen LogP contribution is -2.21. The van der Waals surface area contributed by atoms with E-state index in [2.05, 4.69) is 15.9 Å². The molecule has 0 aliphatic carbocycles. The van der Waals surface area contributed by atoms with E-state index in [1.54, 1.807) is 31.5 Å². The van der Waals surface area contributed by atoms with Gasteiger partial charge in [0.05, 0.1) is 5.56 Å². The van der Waals surface area contributed by atoms with Crippen molar-refractivity contribution in [3.05, 3.63) is 51.8 Å². The number of phenolic OH excluding ortho intramolecular Hbond substituents is 1. The Hall–Kier alpha value is -1.85. The van der Waals surface area contributed by atoms with Gasteiger partial charge in [-0.05, 0) is 40.4 Å². The molecule has 1 aromatic heterocycles. The van der Waals surface area contributed by atoms with Crippen LogP contribution in [-0.4, -0.2) is 30.0 Å². The molecule has 0 fully saturated rings. The fourth-order valence-electron chi connectivity index (χ4n) is 2.44. The zero-order valence-electron chi connectivity index (χ0n) is 12.1. The van der Waals surface area contributed by atoms with Crippen LogP contribution >= 0.6 is 27.3 Å². The van der Waals surface area contributed by atoms with Gasteiger partial charge in [-0.2, -0.15) is 0 Å². The molecule has 5 heteroatoms. The minimum absolute atomic E-state index is 0.0379. The molecular weight excluding hydrogens is 362 g/mol. The smallest absolute Gasteiger partial charge is 0.257 e. The van der Waals surface area contributed by atoms with Crippen molar-refractivity contribution >= 4 is 43.9 Å². The molecule has 0 atom stereocenters. The first kappa shape index (κ1) is 15.1.